The summed E-state index contributed by atoms with van der Waals surface area (Å²) < 4.78 is 0.856. The van der Waals surface area contributed by atoms with Crippen molar-refractivity contribution in [3.05, 3.63) is 42.2 Å². The van der Waals surface area contributed by atoms with E-state index in [2.05, 4.69) is 12.1 Å². The molecule has 17 heavy (non-hydrogen) atoms. The number of aryl methyl sites for hydroxylation is 3. The van der Waals surface area contributed by atoms with E-state index in [-0.39, 0.29) is 5.38 Å². The maximum atomic E-state index is 6.55. The summed E-state index contributed by atoms with van der Waals surface area (Å²) in [4.78, 5) is 3.97. The average Bonchev–Trinajstić information content (AvgIpc) is 2.92. The highest BCUT2D eigenvalue weighted by Crippen LogP contribution is 2.42. The highest BCUT2D eigenvalue weighted by molar-refractivity contribution is 7.17. The quantitative estimate of drug-likeness (QED) is 0.635. The lowest BCUT2D eigenvalue weighted by Gasteiger charge is -2.03. The van der Waals surface area contributed by atoms with Crippen molar-refractivity contribution >= 4 is 45.9 Å². The minimum atomic E-state index is -0.0261. The molecule has 0 spiro atoms. The molecule has 2 aromatic heterocycles. The molecule has 4 heteroatoms. The fourth-order valence-corrected chi connectivity index (χ4v) is 5.16. The zero-order valence-corrected chi connectivity index (χ0v) is 12.6. The molecule has 0 aromatic carbocycles. The van der Waals surface area contributed by atoms with Gasteiger partial charge in [0.2, 0.25) is 0 Å². The molecule has 3 rings (SSSR count). The van der Waals surface area contributed by atoms with Crippen LogP contribution in [0.3, 0.4) is 0 Å². The van der Waals surface area contributed by atoms with Crippen LogP contribution in [0.5, 0.6) is 0 Å². The Bertz CT molecular complexity index is 513. The van der Waals surface area contributed by atoms with Gasteiger partial charge in [0.1, 0.15) is 5.38 Å². The Morgan fingerprint density at radius 2 is 1.94 bits per heavy atom. The van der Waals surface area contributed by atoms with E-state index >= 15 is 0 Å². The standard InChI is InChI=1S/C13H12Cl2S2/c1-7-5-10(17-13(7)15)12(14)11-6-8-3-2-4-9(8)16-11/h5-6,12H,2-4H2,1H3. The maximum Gasteiger partial charge on any atom is 0.102 e. The molecule has 1 aliphatic carbocycles. The van der Waals surface area contributed by atoms with E-state index in [9.17, 15) is 0 Å². The molecule has 1 aliphatic rings. The smallest absolute Gasteiger partial charge is 0.102 e. The van der Waals surface area contributed by atoms with Gasteiger partial charge in [0.25, 0.3) is 0 Å². The Kier molecular flexibility index (Phi) is 3.24. The van der Waals surface area contributed by atoms with Crippen molar-refractivity contribution in [3.8, 4) is 0 Å². The van der Waals surface area contributed by atoms with Crippen molar-refractivity contribution in [1.29, 1.82) is 0 Å². The third kappa shape index (κ3) is 2.17. The van der Waals surface area contributed by atoms with Gasteiger partial charge in [0.05, 0.1) is 4.34 Å². The first-order valence-electron chi connectivity index (χ1n) is 5.66. The third-order valence-electron chi connectivity index (χ3n) is 3.14. The van der Waals surface area contributed by atoms with Crippen molar-refractivity contribution in [2.24, 2.45) is 0 Å². The van der Waals surface area contributed by atoms with Crippen LogP contribution in [-0.2, 0) is 12.8 Å². The highest BCUT2D eigenvalue weighted by Gasteiger charge is 2.21. The number of thiophene rings is 2. The van der Waals surface area contributed by atoms with Crippen LogP contribution in [-0.4, -0.2) is 0 Å². The molecule has 1 atom stereocenters. The number of halogens is 2. The minimum Gasteiger partial charge on any atom is -0.143 e. The number of hydrogen-bond donors (Lipinski definition) is 0. The van der Waals surface area contributed by atoms with Gasteiger partial charge >= 0.3 is 0 Å². The molecule has 0 saturated carbocycles. The second-order valence-corrected chi connectivity index (χ2v) is 7.71. The first kappa shape index (κ1) is 12.0. The van der Waals surface area contributed by atoms with E-state index in [1.807, 2.05) is 18.3 Å². The van der Waals surface area contributed by atoms with Gasteiger partial charge < -0.3 is 0 Å². The molecule has 90 valence electrons. The fraction of sp³-hybridized carbons (Fsp3) is 0.385. The summed E-state index contributed by atoms with van der Waals surface area (Å²) >= 11 is 16.1. The monoisotopic (exact) mass is 302 g/mol. The molecule has 0 fully saturated rings. The largest absolute Gasteiger partial charge is 0.143 e. The van der Waals surface area contributed by atoms with Gasteiger partial charge in [-0.2, -0.15) is 0 Å². The SMILES string of the molecule is Cc1cc(C(Cl)c2cc3c(s2)CCC3)sc1Cl. The van der Waals surface area contributed by atoms with Crippen LogP contribution in [0.2, 0.25) is 4.34 Å². The van der Waals surface area contributed by atoms with Gasteiger partial charge in [-0.25, -0.2) is 0 Å². The number of hydrogen-bond acceptors (Lipinski definition) is 2. The van der Waals surface area contributed by atoms with E-state index in [4.69, 9.17) is 23.2 Å². The first-order chi connectivity index (χ1) is 8.15. The van der Waals surface area contributed by atoms with Crippen molar-refractivity contribution in [2.75, 3.05) is 0 Å². The Balaban J connectivity index is 1.92. The first-order valence-corrected chi connectivity index (χ1v) is 8.11. The van der Waals surface area contributed by atoms with Crippen LogP contribution in [0.4, 0.5) is 0 Å². The molecule has 0 nitrogen and oxygen atoms in total. The predicted octanol–water partition coefficient (Wildman–Crippen LogP) is 5.59. The number of alkyl halides is 1. The average molecular weight is 303 g/mol. The molecule has 0 saturated heterocycles. The number of fused-ring (bicyclic) bond motifs is 1. The Hall–Kier alpha value is -0.0200. The molecular weight excluding hydrogens is 291 g/mol. The second-order valence-electron chi connectivity index (χ2n) is 4.42. The molecule has 0 amide bonds. The summed E-state index contributed by atoms with van der Waals surface area (Å²) in [5.41, 5.74) is 2.64. The molecule has 0 aliphatic heterocycles. The van der Waals surface area contributed by atoms with E-state index < -0.39 is 0 Å². The number of rotatable bonds is 2. The van der Waals surface area contributed by atoms with Gasteiger partial charge in [-0.1, -0.05) is 11.6 Å². The summed E-state index contributed by atoms with van der Waals surface area (Å²) in [6.45, 7) is 2.03. The van der Waals surface area contributed by atoms with Crippen molar-refractivity contribution in [1.82, 2.24) is 0 Å². The molecule has 2 aromatic rings. The fourth-order valence-electron chi connectivity index (χ4n) is 2.23. The van der Waals surface area contributed by atoms with Crippen LogP contribution in [0, 0.1) is 6.92 Å². The Labute approximate surface area is 119 Å². The lowest BCUT2D eigenvalue weighted by molar-refractivity contribution is 0.913. The molecule has 2 heterocycles. The van der Waals surface area contributed by atoms with Crippen LogP contribution >= 0.6 is 45.9 Å². The lowest BCUT2D eigenvalue weighted by Crippen LogP contribution is -1.85. The van der Waals surface area contributed by atoms with E-state index in [1.165, 1.54) is 34.6 Å². The van der Waals surface area contributed by atoms with E-state index in [1.54, 1.807) is 11.3 Å². The summed E-state index contributed by atoms with van der Waals surface area (Å²) in [6, 6.07) is 4.39. The molecule has 0 N–H and O–H groups in total. The lowest BCUT2D eigenvalue weighted by atomic mass is 10.2. The van der Waals surface area contributed by atoms with Crippen LogP contribution in [0.25, 0.3) is 0 Å². The van der Waals surface area contributed by atoms with Crippen molar-refractivity contribution in [3.63, 3.8) is 0 Å². The van der Waals surface area contributed by atoms with Crippen molar-refractivity contribution in [2.45, 2.75) is 31.6 Å². The highest BCUT2D eigenvalue weighted by atomic mass is 35.5. The van der Waals surface area contributed by atoms with Crippen molar-refractivity contribution < 1.29 is 0 Å². The Morgan fingerprint density at radius 3 is 2.59 bits per heavy atom. The Morgan fingerprint density at radius 1 is 1.18 bits per heavy atom. The van der Waals surface area contributed by atoms with Crippen LogP contribution in [0.15, 0.2) is 12.1 Å². The topological polar surface area (TPSA) is 0 Å². The third-order valence-corrected chi connectivity index (χ3v) is 6.79. The minimum absolute atomic E-state index is 0.0261. The summed E-state index contributed by atoms with van der Waals surface area (Å²) in [5, 5.41) is -0.0261. The normalized spacial score (nSPS) is 16.2. The zero-order valence-electron chi connectivity index (χ0n) is 9.43. The zero-order chi connectivity index (χ0) is 12.0. The van der Waals surface area contributed by atoms with Crippen LogP contribution in [0.1, 0.15) is 37.6 Å². The molecule has 0 radical (unpaired) electrons. The van der Waals surface area contributed by atoms with E-state index in [0.29, 0.717) is 0 Å². The molecule has 1 unspecified atom stereocenters. The van der Waals surface area contributed by atoms with Gasteiger partial charge in [-0.05, 0) is 49.4 Å². The summed E-state index contributed by atoms with van der Waals surface area (Å²) in [5.74, 6) is 0. The summed E-state index contributed by atoms with van der Waals surface area (Å²) in [7, 11) is 0. The van der Waals surface area contributed by atoms with Gasteiger partial charge in [0, 0.05) is 14.6 Å². The molecular formula is C13H12Cl2S2. The van der Waals surface area contributed by atoms with Crippen LogP contribution < -0.4 is 0 Å². The van der Waals surface area contributed by atoms with Gasteiger partial charge in [-0.3, -0.25) is 0 Å². The maximum absolute atomic E-state index is 6.55. The second kappa shape index (κ2) is 4.58. The summed E-state index contributed by atoms with van der Waals surface area (Å²) in [6.07, 6.45) is 3.76. The van der Waals surface area contributed by atoms with Gasteiger partial charge in [0.15, 0.2) is 0 Å². The molecule has 0 bridgehead atoms. The van der Waals surface area contributed by atoms with E-state index in [0.717, 1.165) is 14.8 Å². The van der Waals surface area contributed by atoms with Gasteiger partial charge in [-0.15, -0.1) is 34.3 Å². The predicted molar refractivity (Wildman–Crippen MR) is 78.1 cm³/mol.